The quantitative estimate of drug-likeness (QED) is 0.476. The zero-order chi connectivity index (χ0) is 19.3. The summed E-state index contributed by atoms with van der Waals surface area (Å²) < 4.78 is 26.7. The van der Waals surface area contributed by atoms with Gasteiger partial charge in [0.1, 0.15) is 11.6 Å². The maximum atomic E-state index is 13.4. The molecule has 2 heterocycles. The molecule has 0 saturated carbocycles. The maximum Gasteiger partial charge on any atom is 0.259 e. The second kappa shape index (κ2) is 6.23. The molecule has 0 fully saturated rings. The monoisotopic (exact) mass is 372 g/mol. The third-order valence-corrected chi connectivity index (χ3v) is 5.02. The summed E-state index contributed by atoms with van der Waals surface area (Å²) >= 11 is 0. The predicted molar refractivity (Wildman–Crippen MR) is 104 cm³/mol. The lowest BCUT2D eigenvalue weighted by atomic mass is 9.98. The first kappa shape index (κ1) is 16.6. The van der Waals surface area contributed by atoms with Crippen molar-refractivity contribution in [1.82, 2.24) is 4.98 Å². The van der Waals surface area contributed by atoms with E-state index in [1.165, 1.54) is 24.3 Å². The fourth-order valence-electron chi connectivity index (χ4n) is 3.69. The number of carbonyl (C=O) groups is 1. The fourth-order valence-corrected chi connectivity index (χ4v) is 3.69. The first-order valence-corrected chi connectivity index (χ1v) is 8.87. The van der Waals surface area contributed by atoms with E-state index in [1.54, 1.807) is 29.2 Å². The van der Waals surface area contributed by atoms with Crippen LogP contribution in [0.2, 0.25) is 0 Å². The van der Waals surface area contributed by atoms with Gasteiger partial charge in [0.15, 0.2) is 0 Å². The number of anilines is 1. The highest BCUT2D eigenvalue weighted by atomic mass is 19.1. The van der Waals surface area contributed by atoms with Gasteiger partial charge in [-0.25, -0.2) is 13.8 Å². The molecule has 0 atom stereocenters. The Kier molecular flexibility index (Phi) is 3.69. The smallest absolute Gasteiger partial charge is 0.259 e. The van der Waals surface area contributed by atoms with E-state index in [2.05, 4.69) is 0 Å². The predicted octanol–water partition coefficient (Wildman–Crippen LogP) is 5.34. The standard InChI is InChI=1S/C23H14F2N2O/c24-15-7-5-14(6-8-15)22-19-13-27(17-11-9-16(25)10-12-17)23(28)21(19)18-3-1-2-4-20(18)26-22/h1-12H,13H2. The van der Waals surface area contributed by atoms with Crippen LogP contribution >= 0.6 is 0 Å². The van der Waals surface area contributed by atoms with Crippen LogP contribution in [-0.4, -0.2) is 10.9 Å². The van der Waals surface area contributed by atoms with E-state index in [9.17, 15) is 13.6 Å². The number of benzene rings is 3. The first-order chi connectivity index (χ1) is 13.6. The Balaban J connectivity index is 1.73. The highest BCUT2D eigenvalue weighted by Gasteiger charge is 2.33. The van der Waals surface area contributed by atoms with Gasteiger partial charge in [-0.05, 0) is 54.6 Å². The fraction of sp³-hybridized carbons (Fsp3) is 0.0435. The van der Waals surface area contributed by atoms with Gasteiger partial charge in [-0.15, -0.1) is 0 Å². The lowest BCUT2D eigenvalue weighted by Crippen LogP contribution is -2.23. The van der Waals surface area contributed by atoms with Crippen molar-refractivity contribution >= 4 is 22.5 Å². The van der Waals surface area contributed by atoms with Crippen molar-refractivity contribution in [3.63, 3.8) is 0 Å². The van der Waals surface area contributed by atoms with E-state index >= 15 is 0 Å². The van der Waals surface area contributed by atoms with E-state index < -0.39 is 0 Å². The van der Waals surface area contributed by atoms with Crippen LogP contribution in [-0.2, 0) is 6.54 Å². The molecule has 28 heavy (non-hydrogen) atoms. The van der Waals surface area contributed by atoms with Gasteiger partial charge >= 0.3 is 0 Å². The molecule has 1 aromatic heterocycles. The highest BCUT2D eigenvalue weighted by molar-refractivity contribution is 6.18. The molecule has 0 unspecified atom stereocenters. The van der Waals surface area contributed by atoms with Gasteiger partial charge in [0.25, 0.3) is 5.91 Å². The first-order valence-electron chi connectivity index (χ1n) is 8.87. The molecule has 4 aromatic rings. The van der Waals surface area contributed by atoms with Gasteiger partial charge in [-0.2, -0.15) is 0 Å². The second-order valence-electron chi connectivity index (χ2n) is 6.71. The van der Waals surface area contributed by atoms with Crippen LogP contribution in [0, 0.1) is 11.6 Å². The molecule has 3 nitrogen and oxygen atoms in total. The average Bonchev–Trinajstić information content (AvgIpc) is 3.06. The molecule has 0 N–H and O–H groups in total. The van der Waals surface area contributed by atoms with E-state index in [1.807, 2.05) is 24.3 Å². The number of rotatable bonds is 2. The Labute approximate surface area is 159 Å². The molecule has 136 valence electrons. The van der Waals surface area contributed by atoms with Crippen LogP contribution in [0.15, 0.2) is 72.8 Å². The molecule has 1 amide bonds. The summed E-state index contributed by atoms with van der Waals surface area (Å²) in [5.41, 5.74) is 4.12. The van der Waals surface area contributed by atoms with E-state index in [0.29, 0.717) is 29.0 Å². The minimum atomic E-state index is -0.355. The van der Waals surface area contributed by atoms with Crippen molar-refractivity contribution in [2.45, 2.75) is 6.54 Å². The number of amides is 1. The zero-order valence-electron chi connectivity index (χ0n) is 14.7. The molecular weight excluding hydrogens is 358 g/mol. The van der Waals surface area contributed by atoms with Crippen molar-refractivity contribution < 1.29 is 13.6 Å². The Hall–Kier alpha value is -3.60. The Morgan fingerprint density at radius 1 is 0.821 bits per heavy atom. The third kappa shape index (κ3) is 2.55. The van der Waals surface area contributed by atoms with Crippen molar-refractivity contribution in [3.05, 3.63) is 95.6 Å². The van der Waals surface area contributed by atoms with Gasteiger partial charge in [0.05, 0.1) is 23.3 Å². The molecule has 0 spiro atoms. The minimum Gasteiger partial charge on any atom is -0.304 e. The molecule has 5 rings (SSSR count). The Bertz CT molecular complexity index is 1220. The number of pyridine rings is 1. The Morgan fingerprint density at radius 2 is 1.46 bits per heavy atom. The minimum absolute atomic E-state index is 0.149. The number of carbonyl (C=O) groups excluding carboxylic acids is 1. The van der Waals surface area contributed by atoms with E-state index in [-0.39, 0.29) is 17.5 Å². The summed E-state index contributed by atoms with van der Waals surface area (Å²) in [6, 6.07) is 19.4. The lowest BCUT2D eigenvalue weighted by molar-refractivity contribution is 0.0998. The van der Waals surface area contributed by atoms with Gasteiger partial charge in [-0.3, -0.25) is 4.79 Å². The van der Waals surface area contributed by atoms with Crippen LogP contribution in [0.1, 0.15) is 15.9 Å². The summed E-state index contributed by atoms with van der Waals surface area (Å²) in [5, 5.41) is 0.776. The number of halogens is 2. The van der Waals surface area contributed by atoms with Gasteiger partial charge < -0.3 is 4.90 Å². The van der Waals surface area contributed by atoms with Crippen LogP contribution in [0.3, 0.4) is 0 Å². The number of fused-ring (bicyclic) bond motifs is 3. The molecule has 0 radical (unpaired) electrons. The van der Waals surface area contributed by atoms with Crippen molar-refractivity contribution in [3.8, 4) is 11.3 Å². The van der Waals surface area contributed by atoms with Crippen molar-refractivity contribution in [2.24, 2.45) is 0 Å². The zero-order valence-corrected chi connectivity index (χ0v) is 14.7. The molecular formula is C23H14F2N2O. The van der Waals surface area contributed by atoms with Crippen molar-refractivity contribution in [1.29, 1.82) is 0 Å². The van der Waals surface area contributed by atoms with E-state index in [4.69, 9.17) is 4.98 Å². The molecule has 0 saturated heterocycles. The molecule has 1 aliphatic heterocycles. The molecule has 3 aromatic carbocycles. The average molecular weight is 372 g/mol. The van der Waals surface area contributed by atoms with Crippen LogP contribution < -0.4 is 4.90 Å². The van der Waals surface area contributed by atoms with Crippen LogP contribution in [0.4, 0.5) is 14.5 Å². The second-order valence-corrected chi connectivity index (χ2v) is 6.71. The summed E-state index contributed by atoms with van der Waals surface area (Å²) in [6.07, 6.45) is 0. The Morgan fingerprint density at radius 3 is 2.18 bits per heavy atom. The van der Waals surface area contributed by atoms with Gasteiger partial charge in [0, 0.05) is 22.2 Å². The maximum absolute atomic E-state index is 13.4. The summed E-state index contributed by atoms with van der Waals surface area (Å²) in [5.74, 6) is -0.833. The lowest BCUT2D eigenvalue weighted by Gasteiger charge is -2.15. The van der Waals surface area contributed by atoms with Crippen LogP contribution in [0.25, 0.3) is 22.2 Å². The topological polar surface area (TPSA) is 33.2 Å². The molecule has 1 aliphatic rings. The number of hydrogen-bond donors (Lipinski definition) is 0. The number of aromatic nitrogens is 1. The number of para-hydroxylation sites is 1. The largest absolute Gasteiger partial charge is 0.304 e. The van der Waals surface area contributed by atoms with E-state index in [0.717, 1.165) is 16.5 Å². The SMILES string of the molecule is O=C1c2c(c(-c3ccc(F)cc3)nc3ccccc23)CN1c1ccc(F)cc1. The van der Waals surface area contributed by atoms with Gasteiger partial charge in [0.2, 0.25) is 0 Å². The summed E-state index contributed by atoms with van der Waals surface area (Å²) in [6.45, 7) is 0.324. The van der Waals surface area contributed by atoms with Crippen molar-refractivity contribution in [2.75, 3.05) is 4.90 Å². The normalized spacial score (nSPS) is 13.2. The molecule has 0 bridgehead atoms. The third-order valence-electron chi connectivity index (χ3n) is 5.02. The van der Waals surface area contributed by atoms with Crippen LogP contribution in [0.5, 0.6) is 0 Å². The van der Waals surface area contributed by atoms with Gasteiger partial charge in [-0.1, -0.05) is 18.2 Å². The summed E-state index contributed by atoms with van der Waals surface area (Å²) in [4.78, 5) is 19.7. The molecule has 5 heteroatoms. The number of hydrogen-bond acceptors (Lipinski definition) is 2. The molecule has 0 aliphatic carbocycles. The summed E-state index contributed by atoms with van der Waals surface area (Å²) in [7, 11) is 0. The number of nitrogens with zero attached hydrogens (tertiary/aromatic N) is 2. The highest BCUT2D eigenvalue weighted by Crippen LogP contribution is 2.38.